The van der Waals surface area contributed by atoms with Gasteiger partial charge in [0.15, 0.2) is 0 Å². The van der Waals surface area contributed by atoms with Gasteiger partial charge in [0.05, 0.1) is 11.4 Å². The van der Waals surface area contributed by atoms with Crippen LogP contribution in [0.4, 0.5) is 0 Å². The van der Waals surface area contributed by atoms with Gasteiger partial charge >= 0.3 is 0 Å². The number of benzene rings is 1. The maximum Gasteiger partial charge on any atom is 0.0650 e. The van der Waals surface area contributed by atoms with Crippen LogP contribution in [0.25, 0.3) is 16.9 Å². The van der Waals surface area contributed by atoms with E-state index in [4.69, 9.17) is 0 Å². The van der Waals surface area contributed by atoms with Crippen molar-refractivity contribution in [2.24, 2.45) is 0 Å². The lowest BCUT2D eigenvalue weighted by Gasteiger charge is -2.02. The summed E-state index contributed by atoms with van der Waals surface area (Å²) in [5.74, 6) is 0. The first kappa shape index (κ1) is 8.91. The Balaban J connectivity index is 1.97. The van der Waals surface area contributed by atoms with Gasteiger partial charge in [0, 0.05) is 18.6 Å². The minimum absolute atomic E-state index is 1.02. The molecule has 0 amide bonds. The van der Waals surface area contributed by atoms with Crippen molar-refractivity contribution in [1.29, 1.82) is 0 Å². The van der Waals surface area contributed by atoms with Crippen LogP contribution in [0.1, 0.15) is 0 Å². The maximum atomic E-state index is 4.18. The van der Waals surface area contributed by atoms with Gasteiger partial charge in [-0.15, -0.1) is 0 Å². The van der Waals surface area contributed by atoms with Gasteiger partial charge in [0.1, 0.15) is 0 Å². The summed E-state index contributed by atoms with van der Waals surface area (Å²) in [5, 5.41) is 11.0. The van der Waals surface area contributed by atoms with E-state index >= 15 is 0 Å². The van der Waals surface area contributed by atoms with Gasteiger partial charge in [0.25, 0.3) is 0 Å². The molecular formula is C12H10N4. The van der Waals surface area contributed by atoms with Gasteiger partial charge in [-0.25, -0.2) is 4.68 Å². The smallest absolute Gasteiger partial charge is 0.0650 e. The molecule has 0 spiro atoms. The molecule has 1 N–H and O–H groups in total. The Labute approximate surface area is 92.6 Å². The molecule has 0 atom stereocenters. The number of rotatable bonds is 2. The molecule has 1 aromatic carbocycles. The van der Waals surface area contributed by atoms with Crippen LogP contribution in [0.5, 0.6) is 0 Å². The summed E-state index contributed by atoms with van der Waals surface area (Å²) >= 11 is 0. The average Bonchev–Trinajstić information content (AvgIpc) is 3.03. The molecule has 3 aromatic rings. The summed E-state index contributed by atoms with van der Waals surface area (Å²) in [6, 6.07) is 12.0. The number of aromatic amines is 1. The summed E-state index contributed by atoms with van der Waals surface area (Å²) in [5.41, 5.74) is 3.19. The third kappa shape index (κ3) is 1.50. The Kier molecular flexibility index (Phi) is 2.04. The minimum Gasteiger partial charge on any atom is -0.278 e. The zero-order valence-electron chi connectivity index (χ0n) is 8.54. The molecule has 0 aliphatic rings. The number of aromatic nitrogens is 4. The highest BCUT2D eigenvalue weighted by Gasteiger charge is 1.99. The first-order valence-corrected chi connectivity index (χ1v) is 5.03. The van der Waals surface area contributed by atoms with E-state index < -0.39 is 0 Å². The second kappa shape index (κ2) is 3.66. The first-order chi connectivity index (χ1) is 7.93. The summed E-state index contributed by atoms with van der Waals surface area (Å²) in [7, 11) is 0. The van der Waals surface area contributed by atoms with Gasteiger partial charge in [-0.05, 0) is 29.8 Å². The molecule has 0 bridgehead atoms. The van der Waals surface area contributed by atoms with Crippen LogP contribution >= 0.6 is 0 Å². The van der Waals surface area contributed by atoms with Crippen LogP contribution < -0.4 is 0 Å². The highest BCUT2D eigenvalue weighted by molar-refractivity contribution is 5.60. The largest absolute Gasteiger partial charge is 0.278 e. The van der Waals surface area contributed by atoms with Crippen molar-refractivity contribution >= 4 is 0 Å². The van der Waals surface area contributed by atoms with E-state index in [1.54, 1.807) is 12.4 Å². The van der Waals surface area contributed by atoms with Crippen molar-refractivity contribution in [3.8, 4) is 16.9 Å². The Morgan fingerprint density at radius 3 is 2.50 bits per heavy atom. The molecular weight excluding hydrogens is 200 g/mol. The standard InChI is InChI=1S/C12H10N4/c1-7-14-16(9-1)11-4-2-10(3-5-11)12-6-8-13-15-12/h1-9H,(H,13,15). The van der Waals surface area contributed by atoms with Crippen molar-refractivity contribution in [2.45, 2.75) is 0 Å². The van der Waals surface area contributed by atoms with Crippen LogP contribution in [-0.2, 0) is 0 Å². The molecule has 0 fully saturated rings. The molecule has 0 radical (unpaired) electrons. The van der Waals surface area contributed by atoms with Crippen molar-refractivity contribution < 1.29 is 0 Å². The molecule has 0 aliphatic carbocycles. The molecule has 0 unspecified atom stereocenters. The van der Waals surface area contributed by atoms with E-state index in [0.29, 0.717) is 0 Å². The van der Waals surface area contributed by atoms with Crippen LogP contribution in [-0.4, -0.2) is 20.0 Å². The SMILES string of the molecule is c1cnn(-c2ccc(-c3ccn[nH]3)cc2)c1. The molecule has 4 heteroatoms. The van der Waals surface area contributed by atoms with Gasteiger partial charge in [-0.3, -0.25) is 5.10 Å². The van der Waals surface area contributed by atoms with Gasteiger partial charge in [0.2, 0.25) is 0 Å². The summed E-state index contributed by atoms with van der Waals surface area (Å²) in [4.78, 5) is 0. The first-order valence-electron chi connectivity index (χ1n) is 5.03. The zero-order valence-corrected chi connectivity index (χ0v) is 8.54. The molecule has 4 nitrogen and oxygen atoms in total. The monoisotopic (exact) mass is 210 g/mol. The Morgan fingerprint density at radius 2 is 1.88 bits per heavy atom. The topological polar surface area (TPSA) is 46.5 Å². The third-order valence-electron chi connectivity index (χ3n) is 2.45. The van der Waals surface area contributed by atoms with Gasteiger partial charge < -0.3 is 0 Å². The quantitative estimate of drug-likeness (QED) is 0.705. The van der Waals surface area contributed by atoms with E-state index in [1.807, 2.05) is 47.3 Å². The van der Waals surface area contributed by atoms with Crippen molar-refractivity contribution in [2.75, 3.05) is 0 Å². The fourth-order valence-electron chi connectivity index (χ4n) is 1.63. The molecule has 2 aromatic heterocycles. The lowest BCUT2D eigenvalue weighted by atomic mass is 10.1. The molecule has 16 heavy (non-hydrogen) atoms. The van der Waals surface area contributed by atoms with Crippen LogP contribution in [0.2, 0.25) is 0 Å². The van der Waals surface area contributed by atoms with E-state index in [9.17, 15) is 0 Å². The molecule has 0 aliphatic heterocycles. The number of nitrogens with one attached hydrogen (secondary N) is 1. The fraction of sp³-hybridized carbons (Fsp3) is 0. The predicted octanol–water partition coefficient (Wildman–Crippen LogP) is 2.26. The summed E-state index contributed by atoms with van der Waals surface area (Å²) in [6.07, 6.45) is 5.44. The molecule has 0 saturated carbocycles. The summed E-state index contributed by atoms with van der Waals surface area (Å²) < 4.78 is 1.83. The molecule has 78 valence electrons. The van der Waals surface area contributed by atoms with E-state index in [0.717, 1.165) is 16.9 Å². The average molecular weight is 210 g/mol. The minimum atomic E-state index is 1.02. The zero-order chi connectivity index (χ0) is 10.8. The van der Waals surface area contributed by atoms with E-state index in [2.05, 4.69) is 15.3 Å². The molecule has 2 heterocycles. The highest BCUT2D eigenvalue weighted by Crippen LogP contribution is 2.17. The van der Waals surface area contributed by atoms with Crippen LogP contribution in [0.15, 0.2) is 55.0 Å². The number of hydrogen-bond acceptors (Lipinski definition) is 2. The van der Waals surface area contributed by atoms with Crippen molar-refractivity contribution in [3.05, 3.63) is 55.0 Å². The van der Waals surface area contributed by atoms with E-state index in [1.165, 1.54) is 0 Å². The number of H-pyrrole nitrogens is 1. The molecule has 3 rings (SSSR count). The van der Waals surface area contributed by atoms with E-state index in [-0.39, 0.29) is 0 Å². The third-order valence-corrected chi connectivity index (χ3v) is 2.45. The number of nitrogens with zero attached hydrogens (tertiary/aromatic N) is 3. The Morgan fingerprint density at radius 1 is 1.00 bits per heavy atom. The second-order valence-electron chi connectivity index (χ2n) is 3.47. The summed E-state index contributed by atoms with van der Waals surface area (Å²) in [6.45, 7) is 0. The molecule has 0 saturated heterocycles. The van der Waals surface area contributed by atoms with Crippen molar-refractivity contribution in [3.63, 3.8) is 0 Å². The Hall–Kier alpha value is -2.36. The normalized spacial score (nSPS) is 10.5. The van der Waals surface area contributed by atoms with Crippen molar-refractivity contribution in [1.82, 2.24) is 20.0 Å². The fourth-order valence-corrected chi connectivity index (χ4v) is 1.63. The lowest BCUT2D eigenvalue weighted by Crippen LogP contribution is -1.93. The predicted molar refractivity (Wildman–Crippen MR) is 61.1 cm³/mol. The lowest BCUT2D eigenvalue weighted by molar-refractivity contribution is 0.880. The van der Waals surface area contributed by atoms with Gasteiger partial charge in [-0.2, -0.15) is 10.2 Å². The van der Waals surface area contributed by atoms with Crippen LogP contribution in [0.3, 0.4) is 0 Å². The second-order valence-corrected chi connectivity index (χ2v) is 3.47. The van der Waals surface area contributed by atoms with Crippen LogP contribution in [0, 0.1) is 0 Å². The number of hydrogen-bond donors (Lipinski definition) is 1. The van der Waals surface area contributed by atoms with Gasteiger partial charge in [-0.1, -0.05) is 12.1 Å². The Bertz CT molecular complexity index is 496. The maximum absolute atomic E-state index is 4.18. The highest BCUT2D eigenvalue weighted by atomic mass is 15.3.